The van der Waals surface area contributed by atoms with E-state index < -0.39 is 0 Å². The quantitative estimate of drug-likeness (QED) is 0.793. The van der Waals surface area contributed by atoms with Crippen LogP contribution in [0, 0.1) is 0 Å². The van der Waals surface area contributed by atoms with E-state index in [1.54, 1.807) is 11.8 Å². The van der Waals surface area contributed by atoms with Crippen LogP contribution >= 0.6 is 24.2 Å². The molecule has 0 saturated heterocycles. The molecule has 0 bridgehead atoms. The summed E-state index contributed by atoms with van der Waals surface area (Å²) in [4.78, 5) is 1.30. The monoisotopic (exact) mass is 245 g/mol. The number of hydrogen-bond acceptors (Lipinski definition) is 2. The second-order valence-corrected chi connectivity index (χ2v) is 4.40. The molecule has 0 heterocycles. The highest BCUT2D eigenvalue weighted by Crippen LogP contribution is 2.20. The summed E-state index contributed by atoms with van der Waals surface area (Å²) in [5.41, 5.74) is 7.33. The lowest BCUT2D eigenvalue weighted by Crippen LogP contribution is -2.09. The van der Waals surface area contributed by atoms with Gasteiger partial charge in [-0.2, -0.15) is 0 Å². The summed E-state index contributed by atoms with van der Waals surface area (Å²) in [6, 6.07) is 8.79. The zero-order valence-electron chi connectivity index (χ0n) is 9.40. The first kappa shape index (κ1) is 14.8. The van der Waals surface area contributed by atoms with Crippen LogP contribution in [0.4, 0.5) is 0 Å². The fourth-order valence-corrected chi connectivity index (χ4v) is 1.85. The van der Waals surface area contributed by atoms with Gasteiger partial charge in [-0.15, -0.1) is 24.2 Å². The van der Waals surface area contributed by atoms with Crippen molar-refractivity contribution in [3.05, 3.63) is 29.8 Å². The second kappa shape index (κ2) is 8.03. The van der Waals surface area contributed by atoms with Crippen LogP contribution in [0.25, 0.3) is 0 Å². The molecule has 1 atom stereocenters. The van der Waals surface area contributed by atoms with E-state index in [0.717, 1.165) is 6.42 Å². The number of nitrogens with two attached hydrogens (primary N) is 1. The van der Waals surface area contributed by atoms with Gasteiger partial charge in [0.05, 0.1) is 0 Å². The summed E-state index contributed by atoms with van der Waals surface area (Å²) < 4.78 is 0. The molecule has 1 aromatic rings. The van der Waals surface area contributed by atoms with Gasteiger partial charge in [0.15, 0.2) is 0 Å². The van der Waals surface area contributed by atoms with Crippen molar-refractivity contribution in [2.45, 2.75) is 37.1 Å². The Morgan fingerprint density at radius 3 is 2.33 bits per heavy atom. The maximum absolute atomic E-state index is 6.07. The molecule has 3 heteroatoms. The third-order valence-electron chi connectivity index (χ3n) is 2.41. The predicted molar refractivity (Wildman–Crippen MR) is 71.9 cm³/mol. The number of benzene rings is 1. The Kier molecular flexibility index (Phi) is 7.93. The van der Waals surface area contributed by atoms with Crippen molar-refractivity contribution in [2.75, 3.05) is 6.26 Å². The van der Waals surface area contributed by atoms with Gasteiger partial charge in [-0.1, -0.05) is 31.9 Å². The summed E-state index contributed by atoms with van der Waals surface area (Å²) in [5, 5.41) is 0. The fraction of sp³-hybridized carbons (Fsp3) is 0.500. The minimum Gasteiger partial charge on any atom is -0.324 e. The number of thioether (sulfide) groups is 1. The molecule has 0 saturated carbocycles. The second-order valence-electron chi connectivity index (χ2n) is 3.52. The Morgan fingerprint density at radius 1 is 1.27 bits per heavy atom. The van der Waals surface area contributed by atoms with Gasteiger partial charge in [0.2, 0.25) is 0 Å². The molecule has 0 aliphatic rings. The van der Waals surface area contributed by atoms with E-state index in [0.29, 0.717) is 0 Å². The van der Waals surface area contributed by atoms with Gasteiger partial charge >= 0.3 is 0 Å². The minimum atomic E-state index is 0. The Morgan fingerprint density at radius 2 is 1.87 bits per heavy atom. The van der Waals surface area contributed by atoms with Crippen molar-refractivity contribution < 1.29 is 0 Å². The topological polar surface area (TPSA) is 26.0 Å². The highest BCUT2D eigenvalue weighted by atomic mass is 35.5. The van der Waals surface area contributed by atoms with Gasteiger partial charge in [-0.3, -0.25) is 0 Å². The lowest BCUT2D eigenvalue weighted by Gasteiger charge is -2.11. The van der Waals surface area contributed by atoms with Crippen LogP contribution in [-0.2, 0) is 0 Å². The smallest absolute Gasteiger partial charge is 0.0294 e. The van der Waals surface area contributed by atoms with E-state index in [1.165, 1.54) is 23.3 Å². The van der Waals surface area contributed by atoms with Crippen LogP contribution in [0.3, 0.4) is 0 Å². The average Bonchev–Trinajstić information content (AvgIpc) is 2.26. The van der Waals surface area contributed by atoms with Crippen LogP contribution in [0.5, 0.6) is 0 Å². The van der Waals surface area contributed by atoms with Crippen LogP contribution in [-0.4, -0.2) is 6.26 Å². The van der Waals surface area contributed by atoms with Gasteiger partial charge in [-0.05, 0) is 30.4 Å². The predicted octanol–water partition coefficient (Wildman–Crippen LogP) is 4.02. The van der Waals surface area contributed by atoms with Crippen molar-refractivity contribution in [1.29, 1.82) is 0 Å². The number of rotatable bonds is 5. The summed E-state index contributed by atoms with van der Waals surface area (Å²) in [6.45, 7) is 2.20. The molecule has 2 N–H and O–H groups in total. The third kappa shape index (κ3) is 4.92. The number of halogens is 1. The molecular weight excluding hydrogens is 226 g/mol. The summed E-state index contributed by atoms with van der Waals surface area (Å²) in [5.74, 6) is 0. The number of unbranched alkanes of at least 4 members (excludes halogenated alkanes) is 1. The normalized spacial score (nSPS) is 11.9. The molecule has 0 aliphatic heterocycles. The first-order valence-corrected chi connectivity index (χ1v) is 6.40. The van der Waals surface area contributed by atoms with Gasteiger partial charge < -0.3 is 5.73 Å². The molecule has 0 spiro atoms. The van der Waals surface area contributed by atoms with Crippen molar-refractivity contribution in [3.63, 3.8) is 0 Å². The highest BCUT2D eigenvalue weighted by Gasteiger charge is 2.04. The third-order valence-corrected chi connectivity index (χ3v) is 3.16. The standard InChI is InChI=1S/C12H19NS.ClH/c1-3-4-5-12(13)10-6-8-11(14-2)9-7-10;/h6-9,12H,3-5,13H2,1-2H3;1H/t12-;/m1./s1. The fourth-order valence-electron chi connectivity index (χ4n) is 1.44. The van der Waals surface area contributed by atoms with Gasteiger partial charge in [-0.25, -0.2) is 0 Å². The van der Waals surface area contributed by atoms with Crippen LogP contribution in [0.15, 0.2) is 29.2 Å². The van der Waals surface area contributed by atoms with E-state index in [-0.39, 0.29) is 18.4 Å². The van der Waals surface area contributed by atoms with E-state index in [2.05, 4.69) is 37.4 Å². The molecule has 0 aliphatic carbocycles. The largest absolute Gasteiger partial charge is 0.324 e. The lowest BCUT2D eigenvalue weighted by atomic mass is 10.0. The highest BCUT2D eigenvalue weighted by molar-refractivity contribution is 7.98. The van der Waals surface area contributed by atoms with E-state index in [1.807, 2.05) is 0 Å². The van der Waals surface area contributed by atoms with Gasteiger partial charge in [0.1, 0.15) is 0 Å². The summed E-state index contributed by atoms with van der Waals surface area (Å²) >= 11 is 1.77. The molecule has 15 heavy (non-hydrogen) atoms. The van der Waals surface area contributed by atoms with E-state index >= 15 is 0 Å². The first-order chi connectivity index (χ1) is 6.77. The molecule has 0 unspecified atom stereocenters. The molecule has 1 aromatic carbocycles. The van der Waals surface area contributed by atoms with Crippen LogP contribution in [0.1, 0.15) is 37.8 Å². The summed E-state index contributed by atoms with van der Waals surface area (Å²) in [7, 11) is 0. The zero-order chi connectivity index (χ0) is 10.4. The van der Waals surface area contributed by atoms with Crippen molar-refractivity contribution in [2.24, 2.45) is 5.73 Å². The Hall–Kier alpha value is -0.180. The van der Waals surface area contributed by atoms with Crippen molar-refractivity contribution >= 4 is 24.2 Å². The lowest BCUT2D eigenvalue weighted by molar-refractivity contribution is 0.603. The van der Waals surface area contributed by atoms with Crippen molar-refractivity contribution in [1.82, 2.24) is 0 Å². The van der Waals surface area contributed by atoms with Gasteiger partial charge in [0, 0.05) is 10.9 Å². The van der Waals surface area contributed by atoms with Crippen molar-refractivity contribution in [3.8, 4) is 0 Å². The molecule has 1 rings (SSSR count). The molecular formula is C12H20ClNS. The minimum absolute atomic E-state index is 0. The van der Waals surface area contributed by atoms with E-state index in [4.69, 9.17) is 5.73 Å². The first-order valence-electron chi connectivity index (χ1n) is 5.17. The Bertz CT molecular complexity index is 261. The Balaban J connectivity index is 0.00000196. The average molecular weight is 246 g/mol. The molecule has 0 radical (unpaired) electrons. The molecule has 1 nitrogen and oxygen atoms in total. The van der Waals surface area contributed by atoms with E-state index in [9.17, 15) is 0 Å². The molecule has 0 amide bonds. The molecule has 0 aromatic heterocycles. The summed E-state index contributed by atoms with van der Waals surface area (Å²) in [6.07, 6.45) is 5.61. The maximum atomic E-state index is 6.07. The molecule has 0 fully saturated rings. The van der Waals surface area contributed by atoms with Crippen LogP contribution in [0.2, 0.25) is 0 Å². The molecule has 86 valence electrons. The maximum Gasteiger partial charge on any atom is 0.0294 e. The van der Waals surface area contributed by atoms with Gasteiger partial charge in [0.25, 0.3) is 0 Å². The van der Waals surface area contributed by atoms with Crippen LogP contribution < -0.4 is 5.73 Å². The SMILES string of the molecule is CCCC[C@@H](N)c1ccc(SC)cc1.Cl. The Labute approximate surface area is 103 Å². The number of hydrogen-bond donors (Lipinski definition) is 1. The zero-order valence-corrected chi connectivity index (χ0v) is 11.0.